The van der Waals surface area contributed by atoms with Crippen molar-refractivity contribution in [3.8, 4) is 0 Å². The van der Waals surface area contributed by atoms with E-state index in [2.05, 4.69) is 4.98 Å². The second-order valence-electron chi connectivity index (χ2n) is 3.60. The van der Waals surface area contributed by atoms with Crippen LogP contribution in [0.4, 0.5) is 14.5 Å². The number of nitrogens with two attached hydrogens (primary N) is 1. The molecule has 0 aliphatic heterocycles. The Kier molecular flexibility index (Phi) is 3.66. The van der Waals surface area contributed by atoms with E-state index in [9.17, 15) is 13.6 Å². The van der Waals surface area contributed by atoms with Crippen molar-refractivity contribution in [3.05, 3.63) is 47.7 Å². The average Bonchev–Trinajstić information content (AvgIpc) is 2.34. The summed E-state index contributed by atoms with van der Waals surface area (Å²) in [5.74, 6) is -2.70. The Morgan fingerprint density at radius 1 is 1.32 bits per heavy atom. The van der Waals surface area contributed by atoms with Crippen LogP contribution in [0.25, 0.3) is 0 Å². The van der Waals surface area contributed by atoms with Crippen LogP contribution in [0.5, 0.6) is 0 Å². The Bertz CT molecular complexity index is 650. The lowest BCUT2D eigenvalue weighted by atomic mass is 10.3. The maximum absolute atomic E-state index is 13.5. The molecule has 0 aliphatic rings. The first kappa shape index (κ1) is 13.3. The molecular formula is C12H8F2N2O2S. The van der Waals surface area contributed by atoms with Gasteiger partial charge in [0.05, 0.1) is 17.4 Å². The number of hydrogen-bond donors (Lipinski definition) is 2. The molecule has 0 amide bonds. The number of benzene rings is 1. The highest BCUT2D eigenvalue weighted by Gasteiger charge is 2.15. The van der Waals surface area contributed by atoms with Crippen molar-refractivity contribution >= 4 is 23.4 Å². The molecule has 4 nitrogen and oxygen atoms in total. The molecule has 3 N–H and O–H groups in total. The van der Waals surface area contributed by atoms with Crippen LogP contribution in [-0.2, 0) is 0 Å². The normalized spacial score (nSPS) is 10.4. The number of carbonyl (C=O) groups is 1. The number of carboxylic acids is 1. The third kappa shape index (κ3) is 3.00. The first-order chi connectivity index (χ1) is 8.97. The Morgan fingerprint density at radius 2 is 2.05 bits per heavy atom. The van der Waals surface area contributed by atoms with Gasteiger partial charge in [-0.2, -0.15) is 0 Å². The summed E-state index contributed by atoms with van der Waals surface area (Å²) in [7, 11) is 0. The summed E-state index contributed by atoms with van der Waals surface area (Å²) in [6.07, 6.45) is 1.27. The number of nitrogens with zero attached hydrogens (tertiary/aromatic N) is 1. The minimum atomic E-state index is -1.22. The van der Waals surface area contributed by atoms with Crippen molar-refractivity contribution in [1.82, 2.24) is 4.98 Å². The topological polar surface area (TPSA) is 76.2 Å². The van der Waals surface area contributed by atoms with Crippen LogP contribution in [0.2, 0.25) is 0 Å². The number of pyridine rings is 1. The third-order valence-electron chi connectivity index (χ3n) is 2.20. The van der Waals surface area contributed by atoms with Gasteiger partial charge in [-0.1, -0.05) is 11.8 Å². The zero-order valence-corrected chi connectivity index (χ0v) is 10.2. The van der Waals surface area contributed by atoms with Crippen molar-refractivity contribution in [2.45, 2.75) is 9.92 Å². The van der Waals surface area contributed by atoms with Gasteiger partial charge in [-0.25, -0.2) is 18.6 Å². The van der Waals surface area contributed by atoms with Gasteiger partial charge < -0.3 is 10.8 Å². The van der Waals surface area contributed by atoms with Crippen LogP contribution in [0, 0.1) is 11.6 Å². The Labute approximate surface area is 111 Å². The lowest BCUT2D eigenvalue weighted by Crippen LogP contribution is -2.02. The lowest BCUT2D eigenvalue weighted by Gasteiger charge is -2.06. The standard InChI is InChI=1S/C12H8F2N2O2S/c13-6-1-2-10(9(14)3-6)19-11-8(12(17)18)4-7(15)5-16-11/h1-5H,15H2,(H,17,18). The summed E-state index contributed by atoms with van der Waals surface area (Å²) >= 11 is 0.797. The number of nitrogen functional groups attached to an aromatic ring is 1. The second kappa shape index (κ2) is 5.23. The molecule has 98 valence electrons. The molecule has 0 radical (unpaired) electrons. The molecule has 1 heterocycles. The van der Waals surface area contributed by atoms with Gasteiger partial charge >= 0.3 is 5.97 Å². The van der Waals surface area contributed by atoms with Crippen LogP contribution in [0.1, 0.15) is 10.4 Å². The summed E-state index contributed by atoms with van der Waals surface area (Å²) in [6, 6.07) is 4.27. The molecule has 0 bridgehead atoms. The highest BCUT2D eigenvalue weighted by atomic mass is 32.2. The van der Waals surface area contributed by atoms with Gasteiger partial charge in [0.1, 0.15) is 16.7 Å². The van der Waals surface area contributed by atoms with Gasteiger partial charge in [0, 0.05) is 11.0 Å². The Balaban J connectivity index is 2.40. The fourth-order valence-corrected chi connectivity index (χ4v) is 2.23. The molecule has 0 atom stereocenters. The van der Waals surface area contributed by atoms with E-state index < -0.39 is 17.6 Å². The van der Waals surface area contributed by atoms with Crippen molar-refractivity contribution in [1.29, 1.82) is 0 Å². The summed E-state index contributed by atoms with van der Waals surface area (Å²) < 4.78 is 26.3. The van der Waals surface area contributed by atoms with Crippen LogP contribution in [-0.4, -0.2) is 16.1 Å². The van der Waals surface area contributed by atoms with E-state index in [-0.39, 0.29) is 21.2 Å². The van der Waals surface area contributed by atoms with Crippen molar-refractivity contribution < 1.29 is 18.7 Å². The zero-order valence-electron chi connectivity index (χ0n) is 9.43. The highest BCUT2D eigenvalue weighted by molar-refractivity contribution is 7.99. The van der Waals surface area contributed by atoms with E-state index in [1.165, 1.54) is 18.3 Å². The van der Waals surface area contributed by atoms with Crippen LogP contribution in [0.3, 0.4) is 0 Å². The van der Waals surface area contributed by atoms with Crippen LogP contribution in [0.15, 0.2) is 40.4 Å². The molecule has 1 aromatic carbocycles. The summed E-state index contributed by atoms with van der Waals surface area (Å²) in [6.45, 7) is 0. The Morgan fingerprint density at radius 3 is 2.68 bits per heavy atom. The van der Waals surface area contributed by atoms with E-state index in [1.807, 2.05) is 0 Å². The van der Waals surface area contributed by atoms with Gasteiger partial charge in [0.15, 0.2) is 0 Å². The van der Waals surface area contributed by atoms with E-state index in [0.717, 1.165) is 23.9 Å². The molecule has 0 saturated heterocycles. The molecule has 0 spiro atoms. The van der Waals surface area contributed by atoms with E-state index in [4.69, 9.17) is 10.8 Å². The Hall–Kier alpha value is -2.15. The van der Waals surface area contributed by atoms with Crippen LogP contribution >= 0.6 is 11.8 Å². The van der Waals surface area contributed by atoms with Gasteiger partial charge in [-0.15, -0.1) is 0 Å². The van der Waals surface area contributed by atoms with Gasteiger partial charge in [0.2, 0.25) is 0 Å². The predicted molar refractivity (Wildman–Crippen MR) is 66.1 cm³/mol. The monoisotopic (exact) mass is 282 g/mol. The molecule has 19 heavy (non-hydrogen) atoms. The maximum Gasteiger partial charge on any atom is 0.338 e. The maximum atomic E-state index is 13.5. The fourth-order valence-electron chi connectivity index (χ4n) is 1.37. The molecule has 2 rings (SSSR count). The summed E-state index contributed by atoms with van der Waals surface area (Å²) in [5.41, 5.74) is 5.51. The second-order valence-corrected chi connectivity index (χ2v) is 4.63. The SMILES string of the molecule is Nc1cnc(Sc2ccc(F)cc2F)c(C(=O)O)c1. The number of anilines is 1. The minimum Gasteiger partial charge on any atom is -0.478 e. The van der Waals surface area contributed by atoms with Gasteiger partial charge in [0.25, 0.3) is 0 Å². The van der Waals surface area contributed by atoms with Crippen molar-refractivity contribution in [3.63, 3.8) is 0 Å². The van der Waals surface area contributed by atoms with E-state index in [0.29, 0.717) is 0 Å². The zero-order chi connectivity index (χ0) is 14.0. The van der Waals surface area contributed by atoms with E-state index in [1.54, 1.807) is 0 Å². The number of carboxylic acid groups (broad SMARTS) is 1. The van der Waals surface area contributed by atoms with Crippen LogP contribution < -0.4 is 5.73 Å². The number of rotatable bonds is 3. The van der Waals surface area contributed by atoms with E-state index >= 15 is 0 Å². The van der Waals surface area contributed by atoms with Gasteiger partial charge in [-0.3, -0.25) is 0 Å². The number of aromatic carboxylic acids is 1. The first-order valence-electron chi connectivity index (χ1n) is 5.09. The van der Waals surface area contributed by atoms with Crippen molar-refractivity contribution in [2.24, 2.45) is 0 Å². The highest BCUT2D eigenvalue weighted by Crippen LogP contribution is 2.31. The minimum absolute atomic E-state index is 0.0844. The molecule has 0 saturated carbocycles. The number of halogens is 2. The smallest absolute Gasteiger partial charge is 0.338 e. The quantitative estimate of drug-likeness (QED) is 0.905. The lowest BCUT2D eigenvalue weighted by molar-refractivity contribution is 0.0692. The molecule has 0 fully saturated rings. The molecule has 0 aliphatic carbocycles. The number of aromatic nitrogens is 1. The average molecular weight is 282 g/mol. The third-order valence-corrected chi connectivity index (χ3v) is 3.27. The summed E-state index contributed by atoms with van der Waals surface area (Å²) in [5, 5.41) is 9.11. The predicted octanol–water partition coefficient (Wildman–Crippen LogP) is 2.79. The van der Waals surface area contributed by atoms with Crippen molar-refractivity contribution in [2.75, 3.05) is 5.73 Å². The largest absolute Gasteiger partial charge is 0.478 e. The molecule has 2 aromatic rings. The molecule has 0 unspecified atom stereocenters. The van der Waals surface area contributed by atoms with Gasteiger partial charge in [-0.05, 0) is 18.2 Å². The molecule has 1 aromatic heterocycles. The fraction of sp³-hybridized carbons (Fsp3) is 0. The number of hydrogen-bond acceptors (Lipinski definition) is 4. The summed E-state index contributed by atoms with van der Waals surface area (Å²) in [4.78, 5) is 15.0. The molecule has 7 heteroatoms. The molecular weight excluding hydrogens is 274 g/mol. The first-order valence-corrected chi connectivity index (χ1v) is 5.90.